The Labute approximate surface area is 183 Å². The van der Waals surface area contributed by atoms with Crippen molar-refractivity contribution in [2.24, 2.45) is 5.10 Å². The van der Waals surface area contributed by atoms with Gasteiger partial charge in [-0.1, -0.05) is 24.3 Å². The number of rotatable bonds is 9. The van der Waals surface area contributed by atoms with Gasteiger partial charge in [0.15, 0.2) is 11.5 Å². The first kappa shape index (κ1) is 23.0. The van der Waals surface area contributed by atoms with E-state index in [2.05, 4.69) is 15.2 Å². The summed E-state index contributed by atoms with van der Waals surface area (Å²) in [6.07, 6.45) is 0.0873. The number of nitrogens with zero attached hydrogens (tertiary/aromatic N) is 2. The molecule has 10 heteroatoms. The molecule has 0 aliphatic carbocycles. The number of anilines is 1. The van der Waals surface area contributed by atoms with Crippen molar-refractivity contribution in [3.63, 3.8) is 0 Å². The highest BCUT2D eigenvalue weighted by Crippen LogP contribution is 2.30. The minimum Gasteiger partial charge on any atom is -0.493 e. The molecule has 0 saturated carbocycles. The fourth-order valence-electron chi connectivity index (χ4n) is 3.19. The number of nitrogens with one attached hydrogen (secondary N) is 1. The number of alkyl halides is 2. The first-order valence-corrected chi connectivity index (χ1v) is 9.91. The second-order valence-electron chi connectivity index (χ2n) is 6.75. The smallest absolute Gasteiger partial charge is 0.387 e. The van der Waals surface area contributed by atoms with E-state index in [0.29, 0.717) is 11.3 Å². The van der Waals surface area contributed by atoms with Gasteiger partial charge in [-0.05, 0) is 36.8 Å². The van der Waals surface area contributed by atoms with E-state index in [4.69, 9.17) is 9.47 Å². The number of hydrogen-bond acceptors (Lipinski definition) is 7. The summed E-state index contributed by atoms with van der Waals surface area (Å²) < 4.78 is 39.5. The van der Waals surface area contributed by atoms with Gasteiger partial charge in [-0.2, -0.15) is 13.9 Å². The van der Waals surface area contributed by atoms with E-state index in [1.807, 2.05) is 6.07 Å². The first-order valence-electron chi connectivity index (χ1n) is 9.91. The number of esters is 1. The average Bonchev–Trinajstić information content (AvgIpc) is 3.24. The van der Waals surface area contributed by atoms with E-state index in [1.54, 1.807) is 37.3 Å². The fraction of sp³-hybridized carbons (Fsp3) is 0.318. The summed E-state index contributed by atoms with van der Waals surface area (Å²) in [5.74, 6) is -0.903. The van der Waals surface area contributed by atoms with E-state index in [9.17, 15) is 18.4 Å². The minimum absolute atomic E-state index is 0.0873. The number of para-hydroxylation sites is 1. The van der Waals surface area contributed by atoms with Gasteiger partial charge in [0.2, 0.25) is 5.91 Å². The lowest BCUT2D eigenvalue weighted by Gasteiger charge is -2.22. The SMILES string of the molecule is CCOC(=O)C1=NN(c2ccccc2)C(C(=O)NCc2ccc(OC(F)F)c(OC)c2)C1. The van der Waals surface area contributed by atoms with Gasteiger partial charge < -0.3 is 19.5 Å². The zero-order chi connectivity index (χ0) is 23.1. The molecule has 0 aromatic heterocycles. The van der Waals surface area contributed by atoms with Crippen molar-refractivity contribution in [2.45, 2.75) is 32.5 Å². The highest BCUT2D eigenvalue weighted by Gasteiger charge is 2.36. The molecule has 1 atom stereocenters. The topological polar surface area (TPSA) is 89.5 Å². The lowest BCUT2D eigenvalue weighted by molar-refractivity contribution is -0.135. The van der Waals surface area contributed by atoms with Crippen LogP contribution in [0.5, 0.6) is 11.5 Å². The number of carbonyl (C=O) groups is 2. The minimum atomic E-state index is -2.98. The maximum atomic E-state index is 13.0. The van der Waals surface area contributed by atoms with Gasteiger partial charge in [0, 0.05) is 13.0 Å². The summed E-state index contributed by atoms with van der Waals surface area (Å²) in [4.78, 5) is 25.1. The molecule has 1 aliphatic rings. The van der Waals surface area contributed by atoms with Gasteiger partial charge in [0.05, 0.1) is 19.4 Å². The predicted molar refractivity (Wildman–Crippen MR) is 113 cm³/mol. The molecular weight excluding hydrogens is 424 g/mol. The molecular formula is C22H23F2N3O5. The van der Waals surface area contributed by atoms with Crippen molar-refractivity contribution in [3.05, 3.63) is 54.1 Å². The van der Waals surface area contributed by atoms with Crippen LogP contribution in [0.2, 0.25) is 0 Å². The Morgan fingerprint density at radius 3 is 2.59 bits per heavy atom. The summed E-state index contributed by atoms with van der Waals surface area (Å²) in [6, 6.07) is 12.6. The van der Waals surface area contributed by atoms with Gasteiger partial charge in [0.1, 0.15) is 11.8 Å². The van der Waals surface area contributed by atoms with E-state index in [0.717, 1.165) is 0 Å². The molecule has 1 heterocycles. The van der Waals surface area contributed by atoms with Crippen LogP contribution in [0.4, 0.5) is 14.5 Å². The van der Waals surface area contributed by atoms with E-state index < -0.39 is 18.6 Å². The summed E-state index contributed by atoms with van der Waals surface area (Å²) in [7, 11) is 1.33. The molecule has 1 N–H and O–H groups in total. The molecule has 1 unspecified atom stereocenters. The number of hydrazone groups is 1. The Morgan fingerprint density at radius 2 is 1.94 bits per heavy atom. The summed E-state index contributed by atoms with van der Waals surface area (Å²) in [6.45, 7) is -0.974. The van der Waals surface area contributed by atoms with Gasteiger partial charge >= 0.3 is 12.6 Å². The van der Waals surface area contributed by atoms with Crippen LogP contribution < -0.4 is 19.8 Å². The van der Waals surface area contributed by atoms with Crippen LogP contribution in [-0.4, -0.2) is 44.0 Å². The molecule has 0 radical (unpaired) electrons. The van der Waals surface area contributed by atoms with Crippen molar-refractivity contribution in [3.8, 4) is 11.5 Å². The Kier molecular flexibility index (Phi) is 7.58. The molecule has 170 valence electrons. The second kappa shape index (κ2) is 10.6. The molecule has 8 nitrogen and oxygen atoms in total. The molecule has 2 aromatic carbocycles. The molecule has 1 aliphatic heterocycles. The zero-order valence-corrected chi connectivity index (χ0v) is 17.6. The number of methoxy groups -OCH3 is 1. The number of carbonyl (C=O) groups excluding carboxylic acids is 2. The molecule has 0 saturated heterocycles. The third kappa shape index (κ3) is 5.51. The van der Waals surface area contributed by atoms with E-state index in [-0.39, 0.29) is 42.7 Å². The van der Waals surface area contributed by atoms with Gasteiger partial charge in [-0.3, -0.25) is 9.80 Å². The van der Waals surface area contributed by atoms with Gasteiger partial charge in [-0.15, -0.1) is 0 Å². The standard InChI is InChI=1S/C22H23F2N3O5/c1-3-31-21(29)16-12-17(27(26-16)15-7-5-4-6-8-15)20(28)25-13-14-9-10-18(32-22(23)24)19(11-14)30-2/h4-11,17,22H,3,12-13H2,1-2H3,(H,25,28). The normalized spacial score (nSPS) is 15.3. The molecule has 32 heavy (non-hydrogen) atoms. The third-order valence-electron chi connectivity index (χ3n) is 4.66. The number of benzene rings is 2. The van der Waals surface area contributed by atoms with Crippen LogP contribution >= 0.6 is 0 Å². The predicted octanol–water partition coefficient (Wildman–Crippen LogP) is 3.11. The fourth-order valence-corrected chi connectivity index (χ4v) is 3.19. The number of hydrogen-bond donors (Lipinski definition) is 1. The van der Waals surface area contributed by atoms with Gasteiger partial charge in [-0.25, -0.2) is 4.79 Å². The molecule has 1 amide bonds. The molecule has 3 rings (SSSR count). The van der Waals surface area contributed by atoms with Crippen molar-refractivity contribution in [2.75, 3.05) is 18.7 Å². The maximum Gasteiger partial charge on any atom is 0.387 e. The maximum absolute atomic E-state index is 13.0. The third-order valence-corrected chi connectivity index (χ3v) is 4.66. The average molecular weight is 447 g/mol. The number of halogens is 2. The molecule has 2 aromatic rings. The van der Waals surface area contributed by atoms with Crippen molar-refractivity contribution >= 4 is 23.3 Å². The largest absolute Gasteiger partial charge is 0.493 e. The molecule has 0 spiro atoms. The lowest BCUT2D eigenvalue weighted by Crippen LogP contribution is -2.42. The van der Waals surface area contributed by atoms with Crippen LogP contribution in [0.25, 0.3) is 0 Å². The van der Waals surface area contributed by atoms with Crippen LogP contribution in [0.15, 0.2) is 53.6 Å². The number of amides is 1. The van der Waals surface area contributed by atoms with Crippen LogP contribution in [0.3, 0.4) is 0 Å². The zero-order valence-electron chi connectivity index (χ0n) is 17.6. The highest BCUT2D eigenvalue weighted by atomic mass is 19.3. The Hall–Kier alpha value is -3.69. The highest BCUT2D eigenvalue weighted by molar-refractivity contribution is 6.38. The number of ether oxygens (including phenoxy) is 3. The lowest BCUT2D eigenvalue weighted by atomic mass is 10.1. The van der Waals surface area contributed by atoms with Crippen molar-refractivity contribution in [1.82, 2.24) is 5.32 Å². The Balaban J connectivity index is 1.72. The second-order valence-corrected chi connectivity index (χ2v) is 6.75. The summed E-state index contributed by atoms with van der Waals surface area (Å²) in [5.41, 5.74) is 1.43. The van der Waals surface area contributed by atoms with E-state index in [1.165, 1.54) is 24.3 Å². The Bertz CT molecular complexity index is 985. The van der Waals surface area contributed by atoms with Crippen molar-refractivity contribution in [1.29, 1.82) is 0 Å². The monoisotopic (exact) mass is 447 g/mol. The van der Waals surface area contributed by atoms with Crippen LogP contribution in [0.1, 0.15) is 18.9 Å². The van der Waals surface area contributed by atoms with Crippen LogP contribution in [0, 0.1) is 0 Å². The van der Waals surface area contributed by atoms with E-state index >= 15 is 0 Å². The quantitative estimate of drug-likeness (QED) is 0.595. The molecule has 0 bridgehead atoms. The summed E-state index contributed by atoms with van der Waals surface area (Å²) in [5, 5.41) is 8.59. The first-order chi connectivity index (χ1) is 15.4. The molecule has 0 fully saturated rings. The van der Waals surface area contributed by atoms with Gasteiger partial charge in [0.25, 0.3) is 0 Å². The Morgan fingerprint density at radius 1 is 1.19 bits per heavy atom. The van der Waals surface area contributed by atoms with Crippen LogP contribution in [-0.2, 0) is 20.9 Å². The summed E-state index contributed by atoms with van der Waals surface area (Å²) >= 11 is 0. The van der Waals surface area contributed by atoms with Crippen molar-refractivity contribution < 1.29 is 32.6 Å².